The van der Waals surface area contributed by atoms with E-state index in [1.165, 1.54) is 18.7 Å². The van der Waals surface area contributed by atoms with Gasteiger partial charge in [-0.3, -0.25) is 14.4 Å². The fraction of sp³-hybridized carbons (Fsp3) is 0.765. The standard InChI is InChI=1S/C17H27F3N4O2/c1-11(2)23-8-5-6-13(10-23)24-12(3)14(15(22-24)17(18,19)20)16(25)21-7-9-26-4/h11,13H,5-10H2,1-4H3,(H,21,25)/t13-/m1/s1. The molecule has 0 radical (unpaired) electrons. The van der Waals surface area contributed by atoms with Crippen molar-refractivity contribution in [2.75, 3.05) is 33.4 Å². The van der Waals surface area contributed by atoms with Crippen molar-refractivity contribution >= 4 is 5.91 Å². The summed E-state index contributed by atoms with van der Waals surface area (Å²) in [5.41, 5.74) is -1.26. The van der Waals surface area contributed by atoms with Crippen molar-refractivity contribution in [3.8, 4) is 0 Å². The van der Waals surface area contributed by atoms with Crippen molar-refractivity contribution in [3.05, 3.63) is 17.0 Å². The number of nitrogens with one attached hydrogen (secondary N) is 1. The fourth-order valence-electron chi connectivity index (χ4n) is 3.35. The lowest BCUT2D eigenvalue weighted by Crippen LogP contribution is -2.41. The average molecular weight is 376 g/mol. The predicted molar refractivity (Wildman–Crippen MR) is 91.2 cm³/mol. The van der Waals surface area contributed by atoms with E-state index in [0.29, 0.717) is 12.6 Å². The Hall–Kier alpha value is -1.61. The summed E-state index contributed by atoms with van der Waals surface area (Å²) in [5, 5.41) is 6.29. The smallest absolute Gasteiger partial charge is 0.383 e. The molecule has 2 rings (SSSR count). The van der Waals surface area contributed by atoms with Gasteiger partial charge in [0.1, 0.15) is 0 Å². The number of alkyl halides is 3. The first-order chi connectivity index (χ1) is 12.2. The zero-order valence-corrected chi connectivity index (χ0v) is 15.7. The first-order valence-electron chi connectivity index (χ1n) is 8.84. The van der Waals surface area contributed by atoms with Gasteiger partial charge in [0.2, 0.25) is 0 Å². The lowest BCUT2D eigenvalue weighted by Gasteiger charge is -2.35. The van der Waals surface area contributed by atoms with Crippen LogP contribution in [0.5, 0.6) is 0 Å². The second-order valence-corrected chi connectivity index (χ2v) is 6.88. The maximum atomic E-state index is 13.5. The summed E-state index contributed by atoms with van der Waals surface area (Å²) in [6, 6.07) is 0.139. The van der Waals surface area contributed by atoms with E-state index < -0.39 is 23.3 Å². The molecule has 1 aromatic rings. The number of aromatic nitrogens is 2. The molecule has 1 atom stereocenters. The molecule has 1 aromatic heterocycles. The highest BCUT2D eigenvalue weighted by molar-refractivity contribution is 5.96. The van der Waals surface area contributed by atoms with Crippen LogP contribution in [-0.2, 0) is 10.9 Å². The van der Waals surface area contributed by atoms with Gasteiger partial charge in [-0.05, 0) is 40.2 Å². The number of carbonyl (C=O) groups excluding carboxylic acids is 1. The Balaban J connectivity index is 2.35. The van der Waals surface area contributed by atoms with Crippen LogP contribution < -0.4 is 5.32 Å². The Bertz CT molecular complexity index is 628. The number of amides is 1. The number of carbonyl (C=O) groups is 1. The highest BCUT2D eigenvalue weighted by Gasteiger charge is 2.41. The van der Waals surface area contributed by atoms with Crippen molar-refractivity contribution in [1.29, 1.82) is 0 Å². The van der Waals surface area contributed by atoms with E-state index in [0.717, 1.165) is 19.4 Å². The lowest BCUT2D eigenvalue weighted by atomic mass is 10.0. The van der Waals surface area contributed by atoms with Crippen LogP contribution in [0.15, 0.2) is 0 Å². The van der Waals surface area contributed by atoms with Gasteiger partial charge in [0.05, 0.1) is 18.2 Å². The Kier molecular flexibility index (Phi) is 6.68. The molecule has 26 heavy (non-hydrogen) atoms. The molecule has 1 N–H and O–H groups in total. The first kappa shape index (κ1) is 20.7. The van der Waals surface area contributed by atoms with Crippen LogP contribution in [0.25, 0.3) is 0 Å². The van der Waals surface area contributed by atoms with E-state index in [2.05, 4.69) is 29.2 Å². The highest BCUT2D eigenvalue weighted by atomic mass is 19.4. The molecule has 6 nitrogen and oxygen atoms in total. The summed E-state index contributed by atoms with van der Waals surface area (Å²) in [7, 11) is 1.46. The summed E-state index contributed by atoms with van der Waals surface area (Å²) in [4.78, 5) is 14.6. The monoisotopic (exact) mass is 376 g/mol. The Labute approximate surface area is 151 Å². The maximum Gasteiger partial charge on any atom is 0.435 e. The molecule has 0 spiro atoms. The summed E-state index contributed by atoms with van der Waals surface area (Å²) >= 11 is 0. The summed E-state index contributed by atoms with van der Waals surface area (Å²) < 4.78 is 46.6. The number of ether oxygens (including phenoxy) is 1. The SMILES string of the molecule is COCCNC(=O)c1c(C(F)(F)F)nn([C@@H]2CCCN(C(C)C)C2)c1C. The second-order valence-electron chi connectivity index (χ2n) is 6.88. The molecular weight excluding hydrogens is 349 g/mol. The van der Waals surface area contributed by atoms with E-state index in [1.54, 1.807) is 0 Å². The van der Waals surface area contributed by atoms with Gasteiger partial charge >= 0.3 is 6.18 Å². The van der Waals surface area contributed by atoms with Gasteiger partial charge in [-0.25, -0.2) is 0 Å². The zero-order chi connectivity index (χ0) is 19.5. The molecule has 1 amide bonds. The predicted octanol–water partition coefficient (Wildman–Crippen LogP) is 2.63. The number of rotatable bonds is 6. The van der Waals surface area contributed by atoms with Crippen LogP contribution in [0.1, 0.15) is 54.5 Å². The van der Waals surface area contributed by atoms with Gasteiger partial charge in [-0.15, -0.1) is 0 Å². The van der Waals surface area contributed by atoms with Crippen molar-refractivity contribution in [2.24, 2.45) is 0 Å². The Morgan fingerprint density at radius 3 is 2.69 bits per heavy atom. The molecule has 1 fully saturated rings. The lowest BCUT2D eigenvalue weighted by molar-refractivity contribution is -0.142. The van der Waals surface area contributed by atoms with E-state index in [1.807, 2.05) is 0 Å². The molecule has 1 saturated heterocycles. The summed E-state index contributed by atoms with van der Waals surface area (Å²) in [6.07, 6.45) is -3.05. The number of nitrogens with zero attached hydrogens (tertiary/aromatic N) is 3. The van der Waals surface area contributed by atoms with Gasteiger partial charge < -0.3 is 10.1 Å². The van der Waals surface area contributed by atoms with E-state index >= 15 is 0 Å². The molecule has 1 aliphatic rings. The minimum atomic E-state index is -4.68. The number of methoxy groups -OCH3 is 1. The largest absolute Gasteiger partial charge is 0.435 e. The number of likely N-dealkylation sites (tertiary alicyclic amines) is 1. The maximum absolute atomic E-state index is 13.5. The molecule has 148 valence electrons. The number of hydrogen-bond acceptors (Lipinski definition) is 4. The molecule has 1 aliphatic heterocycles. The van der Waals surface area contributed by atoms with Crippen molar-refractivity contribution in [2.45, 2.75) is 51.9 Å². The third-order valence-corrected chi connectivity index (χ3v) is 4.74. The molecule has 0 aromatic carbocycles. The Morgan fingerprint density at radius 1 is 1.42 bits per heavy atom. The first-order valence-corrected chi connectivity index (χ1v) is 8.84. The molecule has 0 aliphatic carbocycles. The second kappa shape index (κ2) is 8.39. The molecule has 0 saturated carbocycles. The number of piperidine rings is 1. The van der Waals surface area contributed by atoms with Gasteiger partial charge in [0.15, 0.2) is 5.69 Å². The van der Waals surface area contributed by atoms with Crippen molar-refractivity contribution in [1.82, 2.24) is 20.0 Å². The quantitative estimate of drug-likeness (QED) is 0.776. The minimum absolute atomic E-state index is 0.141. The topological polar surface area (TPSA) is 59.4 Å². The Morgan fingerprint density at radius 2 is 2.12 bits per heavy atom. The summed E-state index contributed by atoms with van der Waals surface area (Å²) in [6.45, 7) is 7.57. The van der Waals surface area contributed by atoms with Crippen LogP contribution in [0.4, 0.5) is 13.2 Å². The third kappa shape index (κ3) is 4.56. The van der Waals surface area contributed by atoms with Crippen LogP contribution in [0, 0.1) is 6.92 Å². The molecular formula is C17H27F3N4O2. The normalized spacial score (nSPS) is 19.2. The third-order valence-electron chi connectivity index (χ3n) is 4.74. The van der Waals surface area contributed by atoms with Crippen LogP contribution in [-0.4, -0.2) is 60.0 Å². The molecule has 2 heterocycles. The van der Waals surface area contributed by atoms with Crippen LogP contribution >= 0.6 is 0 Å². The fourth-order valence-corrected chi connectivity index (χ4v) is 3.35. The van der Waals surface area contributed by atoms with E-state index in [4.69, 9.17) is 4.74 Å². The van der Waals surface area contributed by atoms with Crippen molar-refractivity contribution in [3.63, 3.8) is 0 Å². The average Bonchev–Trinajstić information content (AvgIpc) is 2.93. The minimum Gasteiger partial charge on any atom is -0.383 e. The zero-order valence-electron chi connectivity index (χ0n) is 15.7. The van der Waals surface area contributed by atoms with Crippen LogP contribution in [0.2, 0.25) is 0 Å². The highest BCUT2D eigenvalue weighted by Crippen LogP contribution is 2.34. The molecule has 0 bridgehead atoms. The van der Waals surface area contributed by atoms with Gasteiger partial charge in [-0.1, -0.05) is 0 Å². The van der Waals surface area contributed by atoms with Gasteiger partial charge in [0.25, 0.3) is 5.91 Å². The molecule has 0 unspecified atom stereocenters. The van der Waals surface area contributed by atoms with Crippen molar-refractivity contribution < 1.29 is 22.7 Å². The van der Waals surface area contributed by atoms with E-state index in [9.17, 15) is 18.0 Å². The summed E-state index contributed by atoms with van der Waals surface area (Å²) in [5.74, 6) is -0.769. The van der Waals surface area contributed by atoms with Crippen LogP contribution in [0.3, 0.4) is 0 Å². The van der Waals surface area contributed by atoms with E-state index in [-0.39, 0.29) is 24.9 Å². The number of halogens is 3. The van der Waals surface area contributed by atoms with Gasteiger partial charge in [0, 0.05) is 31.9 Å². The van der Waals surface area contributed by atoms with Gasteiger partial charge in [-0.2, -0.15) is 18.3 Å². The number of hydrogen-bond donors (Lipinski definition) is 1. The molecule has 9 heteroatoms.